The summed E-state index contributed by atoms with van der Waals surface area (Å²) in [5.41, 5.74) is 2.87. The molecule has 0 aliphatic heterocycles. The lowest BCUT2D eigenvalue weighted by Crippen LogP contribution is -2.30. The molecule has 100 valence electrons. The fraction of sp³-hybridized carbons (Fsp3) is 0.647. The van der Waals surface area contributed by atoms with E-state index in [-0.39, 0.29) is 0 Å². The molecule has 1 N–H and O–H groups in total. The Hall–Kier alpha value is -0.820. The molecule has 0 heterocycles. The number of nitrogens with one attached hydrogen (secondary N) is 1. The normalized spacial score (nSPS) is 18.9. The van der Waals surface area contributed by atoms with Crippen LogP contribution in [-0.2, 0) is 6.42 Å². The maximum absolute atomic E-state index is 3.72. The maximum atomic E-state index is 3.72. The molecule has 18 heavy (non-hydrogen) atoms. The van der Waals surface area contributed by atoms with Crippen molar-refractivity contribution in [2.24, 2.45) is 11.8 Å². The second kappa shape index (κ2) is 5.88. The van der Waals surface area contributed by atoms with Crippen LogP contribution in [0.4, 0.5) is 0 Å². The van der Waals surface area contributed by atoms with Crippen molar-refractivity contribution < 1.29 is 0 Å². The standard InChI is InChI=1S/C17H27N/c1-12(2)11-15-5-7-16(8-6-15)13(3)18-14(4)17-9-10-17/h5-8,12-14,17-18H,9-11H2,1-4H3. The van der Waals surface area contributed by atoms with E-state index in [0.29, 0.717) is 12.1 Å². The van der Waals surface area contributed by atoms with Crippen LogP contribution >= 0.6 is 0 Å². The van der Waals surface area contributed by atoms with E-state index in [2.05, 4.69) is 57.3 Å². The molecule has 0 radical (unpaired) electrons. The second-order valence-corrected chi connectivity index (χ2v) is 6.35. The van der Waals surface area contributed by atoms with Crippen LogP contribution in [0.2, 0.25) is 0 Å². The van der Waals surface area contributed by atoms with Crippen LogP contribution in [0.25, 0.3) is 0 Å². The highest BCUT2D eigenvalue weighted by Gasteiger charge is 2.28. The van der Waals surface area contributed by atoms with E-state index in [1.54, 1.807) is 0 Å². The van der Waals surface area contributed by atoms with Crippen molar-refractivity contribution in [1.82, 2.24) is 5.32 Å². The summed E-state index contributed by atoms with van der Waals surface area (Å²) in [6.45, 7) is 9.14. The SMILES string of the molecule is CC(C)Cc1ccc(C(C)NC(C)C2CC2)cc1. The van der Waals surface area contributed by atoms with Crippen LogP contribution in [0.1, 0.15) is 57.7 Å². The van der Waals surface area contributed by atoms with Gasteiger partial charge >= 0.3 is 0 Å². The minimum Gasteiger partial charge on any atom is -0.307 e. The lowest BCUT2D eigenvalue weighted by atomic mass is 9.99. The number of hydrogen-bond acceptors (Lipinski definition) is 1. The van der Waals surface area contributed by atoms with Crippen LogP contribution in [-0.4, -0.2) is 6.04 Å². The largest absolute Gasteiger partial charge is 0.307 e. The Morgan fingerprint density at radius 3 is 2.17 bits per heavy atom. The van der Waals surface area contributed by atoms with Gasteiger partial charge in [-0.1, -0.05) is 38.1 Å². The summed E-state index contributed by atoms with van der Waals surface area (Å²) < 4.78 is 0. The summed E-state index contributed by atoms with van der Waals surface area (Å²) >= 11 is 0. The van der Waals surface area contributed by atoms with Crippen molar-refractivity contribution >= 4 is 0 Å². The zero-order chi connectivity index (χ0) is 13.1. The van der Waals surface area contributed by atoms with E-state index in [0.717, 1.165) is 11.8 Å². The highest BCUT2D eigenvalue weighted by Crippen LogP contribution is 2.33. The number of benzene rings is 1. The first kappa shape index (κ1) is 13.6. The van der Waals surface area contributed by atoms with E-state index in [1.165, 1.54) is 30.4 Å². The van der Waals surface area contributed by atoms with Gasteiger partial charge in [-0.15, -0.1) is 0 Å². The molecular formula is C17H27N. The van der Waals surface area contributed by atoms with Gasteiger partial charge in [0.05, 0.1) is 0 Å². The summed E-state index contributed by atoms with van der Waals surface area (Å²) in [7, 11) is 0. The molecule has 0 aromatic heterocycles. The Balaban J connectivity index is 1.91. The summed E-state index contributed by atoms with van der Waals surface area (Å²) in [5.74, 6) is 1.66. The molecule has 1 fully saturated rings. The first-order valence-electron chi connectivity index (χ1n) is 7.41. The number of rotatable bonds is 6. The lowest BCUT2D eigenvalue weighted by Gasteiger charge is -2.20. The summed E-state index contributed by atoms with van der Waals surface area (Å²) in [5, 5.41) is 3.72. The van der Waals surface area contributed by atoms with E-state index in [1.807, 2.05) is 0 Å². The van der Waals surface area contributed by atoms with Gasteiger partial charge in [0, 0.05) is 12.1 Å². The average Bonchev–Trinajstić information content (AvgIpc) is 3.12. The average molecular weight is 245 g/mol. The minimum absolute atomic E-state index is 0.466. The quantitative estimate of drug-likeness (QED) is 0.786. The molecule has 1 aromatic rings. The molecule has 1 aliphatic carbocycles. The first-order valence-corrected chi connectivity index (χ1v) is 7.41. The molecule has 2 unspecified atom stereocenters. The van der Waals surface area contributed by atoms with Crippen molar-refractivity contribution in [3.05, 3.63) is 35.4 Å². The van der Waals surface area contributed by atoms with Gasteiger partial charge in [0.15, 0.2) is 0 Å². The smallest absolute Gasteiger partial charge is 0.0294 e. The second-order valence-electron chi connectivity index (χ2n) is 6.35. The molecule has 1 aromatic carbocycles. The van der Waals surface area contributed by atoms with Gasteiger partial charge in [0.25, 0.3) is 0 Å². The molecular weight excluding hydrogens is 218 g/mol. The Kier molecular flexibility index (Phi) is 4.45. The van der Waals surface area contributed by atoms with Crippen LogP contribution in [0.5, 0.6) is 0 Å². The van der Waals surface area contributed by atoms with Crippen molar-refractivity contribution in [1.29, 1.82) is 0 Å². The zero-order valence-corrected chi connectivity index (χ0v) is 12.2. The molecule has 0 amide bonds. The van der Waals surface area contributed by atoms with Gasteiger partial charge in [-0.2, -0.15) is 0 Å². The fourth-order valence-corrected chi connectivity index (χ4v) is 2.64. The van der Waals surface area contributed by atoms with Gasteiger partial charge in [0.2, 0.25) is 0 Å². The first-order chi connectivity index (χ1) is 8.56. The molecule has 1 aliphatic rings. The van der Waals surface area contributed by atoms with Crippen LogP contribution < -0.4 is 5.32 Å². The van der Waals surface area contributed by atoms with Gasteiger partial charge in [0.1, 0.15) is 0 Å². The molecule has 1 saturated carbocycles. The monoisotopic (exact) mass is 245 g/mol. The molecule has 0 bridgehead atoms. The summed E-state index contributed by atoms with van der Waals surface area (Å²) in [6, 6.07) is 10.3. The zero-order valence-electron chi connectivity index (χ0n) is 12.2. The minimum atomic E-state index is 0.466. The predicted octanol–water partition coefficient (Wildman–Crippen LogP) is 4.33. The summed E-state index contributed by atoms with van der Waals surface area (Å²) in [4.78, 5) is 0. The maximum Gasteiger partial charge on any atom is 0.0294 e. The van der Waals surface area contributed by atoms with Gasteiger partial charge in [-0.3, -0.25) is 0 Å². The van der Waals surface area contributed by atoms with Crippen molar-refractivity contribution in [3.63, 3.8) is 0 Å². The highest BCUT2D eigenvalue weighted by atomic mass is 15.0. The van der Waals surface area contributed by atoms with Crippen LogP contribution in [0.3, 0.4) is 0 Å². The van der Waals surface area contributed by atoms with E-state index >= 15 is 0 Å². The third-order valence-corrected chi connectivity index (χ3v) is 3.97. The Morgan fingerprint density at radius 1 is 1.06 bits per heavy atom. The number of hydrogen-bond donors (Lipinski definition) is 1. The predicted molar refractivity (Wildman–Crippen MR) is 78.7 cm³/mol. The Morgan fingerprint density at radius 2 is 1.67 bits per heavy atom. The fourth-order valence-electron chi connectivity index (χ4n) is 2.64. The molecule has 1 heteroatoms. The Labute approximate surface area is 112 Å². The molecule has 0 spiro atoms. The topological polar surface area (TPSA) is 12.0 Å². The Bertz CT molecular complexity index is 362. The molecule has 2 rings (SSSR count). The van der Waals surface area contributed by atoms with E-state index in [9.17, 15) is 0 Å². The van der Waals surface area contributed by atoms with E-state index < -0.39 is 0 Å². The van der Waals surface area contributed by atoms with Crippen LogP contribution in [0, 0.1) is 11.8 Å². The van der Waals surface area contributed by atoms with E-state index in [4.69, 9.17) is 0 Å². The van der Waals surface area contributed by atoms with Crippen molar-refractivity contribution in [2.45, 2.75) is 59.0 Å². The molecule has 0 saturated heterocycles. The molecule has 1 nitrogen and oxygen atoms in total. The van der Waals surface area contributed by atoms with Crippen molar-refractivity contribution in [2.75, 3.05) is 0 Å². The lowest BCUT2D eigenvalue weighted by molar-refractivity contribution is 0.441. The van der Waals surface area contributed by atoms with Crippen molar-refractivity contribution in [3.8, 4) is 0 Å². The van der Waals surface area contributed by atoms with Gasteiger partial charge < -0.3 is 5.32 Å². The molecule has 2 atom stereocenters. The summed E-state index contributed by atoms with van der Waals surface area (Å²) in [6.07, 6.45) is 4.00. The van der Waals surface area contributed by atoms with Gasteiger partial charge in [-0.25, -0.2) is 0 Å². The third kappa shape index (κ3) is 3.84. The highest BCUT2D eigenvalue weighted by molar-refractivity contribution is 5.25. The van der Waals surface area contributed by atoms with Gasteiger partial charge in [-0.05, 0) is 56.1 Å². The van der Waals surface area contributed by atoms with Crippen LogP contribution in [0.15, 0.2) is 24.3 Å². The third-order valence-electron chi connectivity index (χ3n) is 3.97.